The molecule has 1 N–H and O–H groups in total. The quantitative estimate of drug-likeness (QED) is 0.800. The van der Waals surface area contributed by atoms with E-state index in [1.54, 1.807) is 0 Å². The number of hydrogen-bond acceptors (Lipinski definition) is 2. The fourth-order valence-corrected chi connectivity index (χ4v) is 3.04. The Balaban J connectivity index is 2.20. The molecule has 1 aliphatic rings. The van der Waals surface area contributed by atoms with Gasteiger partial charge in [0.15, 0.2) is 0 Å². The van der Waals surface area contributed by atoms with Crippen molar-refractivity contribution in [2.45, 2.75) is 18.3 Å². The van der Waals surface area contributed by atoms with E-state index in [1.807, 2.05) is 6.08 Å². The first-order valence-corrected chi connectivity index (χ1v) is 6.82. The van der Waals surface area contributed by atoms with E-state index in [4.69, 9.17) is 0 Å². The first kappa shape index (κ1) is 13.3. The van der Waals surface area contributed by atoms with Crippen molar-refractivity contribution < 1.29 is 0 Å². The molecule has 1 aromatic carbocycles. The molecule has 1 fully saturated rings. The van der Waals surface area contributed by atoms with Gasteiger partial charge in [-0.25, -0.2) is 0 Å². The van der Waals surface area contributed by atoms with Crippen molar-refractivity contribution >= 4 is 0 Å². The molecular formula is C16H24N2. The van der Waals surface area contributed by atoms with E-state index < -0.39 is 0 Å². The summed E-state index contributed by atoms with van der Waals surface area (Å²) in [4.78, 5) is 2.38. The van der Waals surface area contributed by atoms with Crippen LogP contribution in [0.2, 0.25) is 0 Å². The van der Waals surface area contributed by atoms with Crippen LogP contribution in [-0.2, 0) is 5.41 Å². The summed E-state index contributed by atoms with van der Waals surface area (Å²) in [5.41, 5.74) is 1.80. The Morgan fingerprint density at radius 2 is 1.94 bits per heavy atom. The number of benzene rings is 1. The molecule has 2 rings (SSSR count). The summed E-state index contributed by atoms with van der Waals surface area (Å²) < 4.78 is 0. The van der Waals surface area contributed by atoms with Crippen molar-refractivity contribution in [1.29, 1.82) is 0 Å². The molecule has 0 atom stereocenters. The van der Waals surface area contributed by atoms with Gasteiger partial charge in [-0.2, -0.15) is 0 Å². The van der Waals surface area contributed by atoms with Gasteiger partial charge in [0.1, 0.15) is 0 Å². The predicted octanol–water partition coefficient (Wildman–Crippen LogP) is 2.43. The van der Waals surface area contributed by atoms with Gasteiger partial charge < -0.3 is 10.2 Å². The first-order chi connectivity index (χ1) is 8.77. The molecule has 0 amide bonds. The van der Waals surface area contributed by atoms with Crippen molar-refractivity contribution in [2.24, 2.45) is 0 Å². The summed E-state index contributed by atoms with van der Waals surface area (Å²) in [5.74, 6) is 0. The van der Waals surface area contributed by atoms with Crippen molar-refractivity contribution in [3.8, 4) is 0 Å². The lowest BCUT2D eigenvalue weighted by atomic mass is 9.73. The van der Waals surface area contributed by atoms with Crippen molar-refractivity contribution in [1.82, 2.24) is 10.2 Å². The molecule has 0 spiro atoms. The Kier molecular flexibility index (Phi) is 4.56. The van der Waals surface area contributed by atoms with Crippen LogP contribution in [0.3, 0.4) is 0 Å². The van der Waals surface area contributed by atoms with E-state index in [1.165, 1.54) is 18.4 Å². The summed E-state index contributed by atoms with van der Waals surface area (Å²) in [6, 6.07) is 11.0. The van der Waals surface area contributed by atoms with Gasteiger partial charge >= 0.3 is 0 Å². The highest BCUT2D eigenvalue weighted by Gasteiger charge is 2.34. The minimum atomic E-state index is 0.310. The molecule has 2 heteroatoms. The van der Waals surface area contributed by atoms with Crippen LogP contribution < -0.4 is 5.32 Å². The molecule has 2 nitrogen and oxygen atoms in total. The lowest BCUT2D eigenvalue weighted by Gasteiger charge is -2.41. The van der Waals surface area contributed by atoms with Crippen LogP contribution in [0, 0.1) is 0 Å². The zero-order valence-electron chi connectivity index (χ0n) is 11.4. The van der Waals surface area contributed by atoms with Crippen LogP contribution in [0.4, 0.5) is 0 Å². The van der Waals surface area contributed by atoms with Gasteiger partial charge in [0, 0.05) is 18.5 Å². The Morgan fingerprint density at radius 3 is 2.56 bits per heavy atom. The highest BCUT2D eigenvalue weighted by atomic mass is 15.1. The number of nitrogens with zero attached hydrogens (tertiary/aromatic N) is 1. The molecule has 1 aromatic rings. The predicted molar refractivity (Wildman–Crippen MR) is 77.9 cm³/mol. The standard InChI is InChI=1S/C16H24N2/c1-3-13-18(2)14-16(9-11-17-12-10-16)15-7-5-4-6-8-15/h3-8,17H,1,9-14H2,2H3. The zero-order chi connectivity index (χ0) is 12.8. The third kappa shape index (κ3) is 3.01. The largest absolute Gasteiger partial charge is 0.317 e. The molecular weight excluding hydrogens is 220 g/mol. The van der Waals surface area contributed by atoms with Crippen LogP contribution in [0.5, 0.6) is 0 Å². The molecule has 0 unspecified atom stereocenters. The van der Waals surface area contributed by atoms with Gasteiger partial charge in [-0.15, -0.1) is 6.58 Å². The van der Waals surface area contributed by atoms with Gasteiger partial charge in [-0.3, -0.25) is 0 Å². The van der Waals surface area contributed by atoms with Crippen molar-refractivity contribution in [2.75, 3.05) is 33.2 Å². The summed E-state index contributed by atoms with van der Waals surface area (Å²) in [6.07, 6.45) is 4.43. The highest BCUT2D eigenvalue weighted by Crippen LogP contribution is 2.34. The van der Waals surface area contributed by atoms with E-state index in [9.17, 15) is 0 Å². The molecule has 0 aromatic heterocycles. The minimum absolute atomic E-state index is 0.310. The average molecular weight is 244 g/mol. The molecule has 1 aliphatic heterocycles. The monoisotopic (exact) mass is 244 g/mol. The Morgan fingerprint density at radius 1 is 1.28 bits per heavy atom. The maximum Gasteiger partial charge on any atom is 0.0157 e. The van der Waals surface area contributed by atoms with Crippen LogP contribution >= 0.6 is 0 Å². The number of piperidine rings is 1. The maximum absolute atomic E-state index is 3.84. The second-order valence-electron chi connectivity index (χ2n) is 5.38. The second-order valence-corrected chi connectivity index (χ2v) is 5.38. The summed E-state index contributed by atoms with van der Waals surface area (Å²) in [6.45, 7) is 8.16. The Labute approximate surface area is 111 Å². The van der Waals surface area contributed by atoms with E-state index in [0.29, 0.717) is 5.41 Å². The van der Waals surface area contributed by atoms with Crippen LogP contribution in [0.1, 0.15) is 18.4 Å². The normalized spacial score (nSPS) is 18.8. The van der Waals surface area contributed by atoms with E-state index >= 15 is 0 Å². The number of hydrogen-bond donors (Lipinski definition) is 1. The number of likely N-dealkylation sites (N-methyl/N-ethyl adjacent to an activating group) is 1. The molecule has 0 radical (unpaired) electrons. The third-order valence-corrected chi connectivity index (χ3v) is 3.96. The van der Waals surface area contributed by atoms with Crippen LogP contribution in [0.15, 0.2) is 43.0 Å². The van der Waals surface area contributed by atoms with Crippen LogP contribution in [-0.4, -0.2) is 38.1 Å². The van der Waals surface area contributed by atoms with Gasteiger partial charge in [0.05, 0.1) is 0 Å². The van der Waals surface area contributed by atoms with Gasteiger partial charge in [0.2, 0.25) is 0 Å². The Bertz CT molecular complexity index is 366. The second kappa shape index (κ2) is 6.17. The molecule has 0 aliphatic carbocycles. The van der Waals surface area contributed by atoms with Crippen molar-refractivity contribution in [3.05, 3.63) is 48.6 Å². The zero-order valence-corrected chi connectivity index (χ0v) is 11.4. The topological polar surface area (TPSA) is 15.3 Å². The fraction of sp³-hybridized carbons (Fsp3) is 0.500. The van der Waals surface area contributed by atoms with E-state index in [0.717, 1.165) is 26.2 Å². The van der Waals surface area contributed by atoms with E-state index in [2.05, 4.69) is 54.2 Å². The summed E-state index contributed by atoms with van der Waals surface area (Å²) in [7, 11) is 2.19. The highest BCUT2D eigenvalue weighted by molar-refractivity contribution is 5.27. The average Bonchev–Trinajstić information content (AvgIpc) is 2.41. The number of nitrogens with one attached hydrogen (secondary N) is 1. The fourth-order valence-electron chi connectivity index (χ4n) is 3.04. The molecule has 0 bridgehead atoms. The van der Waals surface area contributed by atoms with Gasteiger partial charge in [-0.05, 0) is 38.5 Å². The molecule has 18 heavy (non-hydrogen) atoms. The van der Waals surface area contributed by atoms with E-state index in [-0.39, 0.29) is 0 Å². The Hall–Kier alpha value is -1.12. The third-order valence-electron chi connectivity index (χ3n) is 3.96. The maximum atomic E-state index is 3.84. The minimum Gasteiger partial charge on any atom is -0.317 e. The SMILES string of the molecule is C=CCN(C)CC1(c2ccccc2)CCNCC1. The van der Waals surface area contributed by atoms with Crippen molar-refractivity contribution in [3.63, 3.8) is 0 Å². The lowest BCUT2D eigenvalue weighted by molar-refractivity contribution is 0.213. The lowest BCUT2D eigenvalue weighted by Crippen LogP contribution is -2.46. The summed E-state index contributed by atoms with van der Waals surface area (Å²) >= 11 is 0. The molecule has 98 valence electrons. The molecule has 0 saturated carbocycles. The van der Waals surface area contributed by atoms with Gasteiger partial charge in [-0.1, -0.05) is 36.4 Å². The first-order valence-electron chi connectivity index (χ1n) is 6.82. The smallest absolute Gasteiger partial charge is 0.0157 e. The summed E-state index contributed by atoms with van der Waals surface area (Å²) in [5, 5.41) is 3.48. The number of rotatable bonds is 5. The molecule has 1 heterocycles. The van der Waals surface area contributed by atoms with Crippen LogP contribution in [0.25, 0.3) is 0 Å². The molecule has 1 saturated heterocycles. The van der Waals surface area contributed by atoms with Gasteiger partial charge in [0.25, 0.3) is 0 Å².